The predicted molar refractivity (Wildman–Crippen MR) is 96.3 cm³/mol. The summed E-state index contributed by atoms with van der Waals surface area (Å²) < 4.78 is 5.73. The van der Waals surface area contributed by atoms with Crippen LogP contribution in [0, 0.1) is 5.41 Å². The van der Waals surface area contributed by atoms with E-state index in [-0.39, 0.29) is 16.7 Å². The molecule has 0 spiro atoms. The van der Waals surface area contributed by atoms with Gasteiger partial charge in [-0.1, -0.05) is 20.8 Å². The summed E-state index contributed by atoms with van der Waals surface area (Å²) in [6.45, 7) is 6.31. The third-order valence-electron chi connectivity index (χ3n) is 3.61. The smallest absolute Gasteiger partial charge is 0.354 e. The van der Waals surface area contributed by atoms with Crippen LogP contribution in [0.4, 0.5) is 5.69 Å². The summed E-state index contributed by atoms with van der Waals surface area (Å²) in [6, 6.07) is 7.87. The van der Waals surface area contributed by atoms with Crippen molar-refractivity contribution < 1.29 is 19.1 Å². The van der Waals surface area contributed by atoms with Crippen LogP contribution in [0.3, 0.4) is 0 Å². The molecule has 0 saturated heterocycles. The van der Waals surface area contributed by atoms with E-state index >= 15 is 0 Å². The van der Waals surface area contributed by atoms with Gasteiger partial charge in [-0.2, -0.15) is 0 Å². The summed E-state index contributed by atoms with van der Waals surface area (Å²) in [5.74, 6) is -0.959. The van der Waals surface area contributed by atoms with Crippen molar-refractivity contribution in [1.29, 1.82) is 0 Å². The molecular weight excluding hydrogens is 334 g/mol. The molecule has 2 heterocycles. The van der Waals surface area contributed by atoms with Gasteiger partial charge in [-0.25, -0.2) is 14.8 Å². The zero-order valence-corrected chi connectivity index (χ0v) is 14.7. The second-order valence-corrected chi connectivity index (χ2v) is 7.22. The minimum absolute atomic E-state index is 0.0567. The topological polar surface area (TPSA) is 105 Å². The number of pyridine rings is 1. The Morgan fingerprint density at radius 2 is 1.96 bits per heavy atom. The minimum Gasteiger partial charge on any atom is -0.477 e. The average Bonchev–Trinajstić information content (AvgIpc) is 2.94. The number of aromatic carboxylic acids is 1. The molecule has 1 amide bonds. The van der Waals surface area contributed by atoms with Gasteiger partial charge in [0, 0.05) is 23.9 Å². The molecule has 0 atom stereocenters. The summed E-state index contributed by atoms with van der Waals surface area (Å²) in [6.07, 6.45) is 2.00. The number of amides is 1. The van der Waals surface area contributed by atoms with Crippen LogP contribution < -0.4 is 5.32 Å². The van der Waals surface area contributed by atoms with Crippen molar-refractivity contribution >= 4 is 28.7 Å². The van der Waals surface area contributed by atoms with Crippen molar-refractivity contribution in [3.8, 4) is 0 Å². The first-order chi connectivity index (χ1) is 12.2. The lowest BCUT2D eigenvalue weighted by Gasteiger charge is -2.14. The Morgan fingerprint density at radius 3 is 2.65 bits per heavy atom. The predicted octanol–water partition coefficient (Wildman–Crippen LogP) is 3.76. The number of carbonyl (C=O) groups excluding carboxylic acids is 1. The molecule has 26 heavy (non-hydrogen) atoms. The Bertz CT molecular complexity index is 986. The van der Waals surface area contributed by atoms with Crippen molar-refractivity contribution in [1.82, 2.24) is 9.97 Å². The van der Waals surface area contributed by atoms with Crippen molar-refractivity contribution in [3.63, 3.8) is 0 Å². The Hall–Kier alpha value is -3.22. The molecule has 0 unspecified atom stereocenters. The summed E-state index contributed by atoms with van der Waals surface area (Å²) in [4.78, 5) is 31.5. The van der Waals surface area contributed by atoms with Crippen LogP contribution in [0.2, 0.25) is 0 Å². The Labute approximate surface area is 150 Å². The number of nitrogens with zero attached hydrogens (tertiary/aromatic N) is 2. The van der Waals surface area contributed by atoms with Gasteiger partial charge in [0.15, 0.2) is 11.5 Å². The number of carbonyl (C=O) groups is 2. The molecule has 0 saturated carbocycles. The fourth-order valence-electron chi connectivity index (χ4n) is 2.47. The number of aromatic nitrogens is 2. The highest BCUT2D eigenvalue weighted by atomic mass is 16.4. The van der Waals surface area contributed by atoms with E-state index in [1.807, 2.05) is 0 Å². The summed E-state index contributed by atoms with van der Waals surface area (Å²) in [5, 5.41) is 11.7. The standard InChI is InChI=1S/C19H19N3O4/c1-19(2,3)10-16-22-13-9-12(4-5-15(13)26-16)21-17(23)11-6-7-20-14(8-11)18(24)25/h4-9H,10H2,1-3H3,(H,21,23)(H,24,25). The molecule has 134 valence electrons. The van der Waals surface area contributed by atoms with Crippen LogP contribution in [-0.4, -0.2) is 27.0 Å². The number of hydrogen-bond acceptors (Lipinski definition) is 5. The van der Waals surface area contributed by atoms with Crippen molar-refractivity contribution in [2.45, 2.75) is 27.2 Å². The second kappa shape index (κ2) is 6.59. The van der Waals surface area contributed by atoms with E-state index < -0.39 is 11.9 Å². The zero-order chi connectivity index (χ0) is 18.9. The lowest BCUT2D eigenvalue weighted by atomic mass is 9.92. The Kier molecular flexibility index (Phi) is 4.46. The molecule has 0 aliphatic carbocycles. The van der Waals surface area contributed by atoms with E-state index in [1.54, 1.807) is 18.2 Å². The van der Waals surface area contributed by atoms with E-state index in [9.17, 15) is 9.59 Å². The van der Waals surface area contributed by atoms with E-state index in [4.69, 9.17) is 9.52 Å². The minimum atomic E-state index is -1.19. The molecule has 0 radical (unpaired) electrons. The SMILES string of the molecule is CC(C)(C)Cc1nc2cc(NC(=O)c3ccnc(C(=O)O)c3)ccc2o1. The van der Waals surface area contributed by atoms with Crippen molar-refractivity contribution in [2.24, 2.45) is 5.41 Å². The van der Waals surface area contributed by atoms with Crippen LogP contribution in [0.15, 0.2) is 40.9 Å². The van der Waals surface area contributed by atoms with Gasteiger partial charge in [0.2, 0.25) is 0 Å². The van der Waals surface area contributed by atoms with Gasteiger partial charge in [0.05, 0.1) is 0 Å². The lowest BCUT2D eigenvalue weighted by molar-refractivity contribution is 0.0690. The largest absolute Gasteiger partial charge is 0.477 e. The van der Waals surface area contributed by atoms with Crippen LogP contribution >= 0.6 is 0 Å². The number of anilines is 1. The van der Waals surface area contributed by atoms with Crippen molar-refractivity contribution in [2.75, 3.05) is 5.32 Å². The first kappa shape index (κ1) is 17.6. The number of oxazole rings is 1. The number of nitrogens with one attached hydrogen (secondary N) is 1. The molecule has 3 rings (SSSR count). The van der Waals surface area contributed by atoms with Gasteiger partial charge in [-0.05, 0) is 35.7 Å². The molecule has 7 heteroatoms. The van der Waals surface area contributed by atoms with Crippen molar-refractivity contribution in [3.05, 3.63) is 53.7 Å². The Morgan fingerprint density at radius 1 is 1.19 bits per heavy atom. The normalized spacial score (nSPS) is 11.5. The highest BCUT2D eigenvalue weighted by molar-refractivity contribution is 6.05. The number of hydrogen-bond donors (Lipinski definition) is 2. The molecule has 0 bridgehead atoms. The Balaban J connectivity index is 1.81. The molecule has 1 aromatic carbocycles. The third kappa shape index (κ3) is 4.05. The maximum Gasteiger partial charge on any atom is 0.354 e. The number of benzene rings is 1. The first-order valence-electron chi connectivity index (χ1n) is 8.11. The van der Waals surface area contributed by atoms with Gasteiger partial charge in [-0.15, -0.1) is 0 Å². The van der Waals surface area contributed by atoms with Gasteiger partial charge < -0.3 is 14.8 Å². The van der Waals surface area contributed by atoms with E-state index in [1.165, 1.54) is 18.3 Å². The summed E-state index contributed by atoms with van der Waals surface area (Å²) in [5.41, 5.74) is 1.94. The van der Waals surface area contributed by atoms with Gasteiger partial charge >= 0.3 is 5.97 Å². The monoisotopic (exact) mass is 353 g/mol. The molecular formula is C19H19N3O4. The van der Waals surface area contributed by atoms with Gasteiger partial charge in [0.25, 0.3) is 5.91 Å². The maximum atomic E-state index is 12.3. The van der Waals surface area contributed by atoms with Crippen LogP contribution in [-0.2, 0) is 6.42 Å². The maximum absolute atomic E-state index is 12.3. The third-order valence-corrected chi connectivity index (χ3v) is 3.61. The molecule has 0 aliphatic rings. The fourth-order valence-corrected chi connectivity index (χ4v) is 2.47. The van der Waals surface area contributed by atoms with Crippen LogP contribution in [0.1, 0.15) is 47.5 Å². The van der Waals surface area contributed by atoms with E-state index in [0.717, 1.165) is 0 Å². The molecule has 0 fully saturated rings. The molecule has 7 nitrogen and oxygen atoms in total. The first-order valence-corrected chi connectivity index (χ1v) is 8.11. The summed E-state index contributed by atoms with van der Waals surface area (Å²) >= 11 is 0. The molecule has 2 aromatic heterocycles. The number of rotatable bonds is 4. The van der Waals surface area contributed by atoms with Gasteiger partial charge in [-0.3, -0.25) is 4.79 Å². The van der Waals surface area contributed by atoms with E-state index in [2.05, 4.69) is 36.1 Å². The van der Waals surface area contributed by atoms with Crippen LogP contribution in [0.25, 0.3) is 11.1 Å². The number of carboxylic acids is 1. The fraction of sp³-hybridized carbons (Fsp3) is 0.263. The number of fused-ring (bicyclic) bond motifs is 1. The number of carboxylic acid groups (broad SMARTS) is 1. The molecule has 3 aromatic rings. The van der Waals surface area contributed by atoms with E-state index in [0.29, 0.717) is 29.1 Å². The highest BCUT2D eigenvalue weighted by Gasteiger charge is 2.17. The summed E-state index contributed by atoms with van der Waals surface area (Å²) in [7, 11) is 0. The second-order valence-electron chi connectivity index (χ2n) is 7.22. The van der Waals surface area contributed by atoms with Crippen LogP contribution in [0.5, 0.6) is 0 Å². The average molecular weight is 353 g/mol. The lowest BCUT2D eigenvalue weighted by Crippen LogP contribution is -2.13. The molecule has 2 N–H and O–H groups in total. The molecule has 0 aliphatic heterocycles. The highest BCUT2D eigenvalue weighted by Crippen LogP contribution is 2.25. The zero-order valence-electron chi connectivity index (χ0n) is 14.7. The van der Waals surface area contributed by atoms with Gasteiger partial charge in [0.1, 0.15) is 11.2 Å². The quantitative estimate of drug-likeness (QED) is 0.740.